The normalized spacial score (nSPS) is 18.4. The summed E-state index contributed by atoms with van der Waals surface area (Å²) in [7, 11) is 0. The molecule has 1 atom stereocenters. The van der Waals surface area contributed by atoms with Crippen molar-refractivity contribution in [1.82, 2.24) is 10.2 Å². The molecule has 2 amide bonds. The third kappa shape index (κ3) is 4.34. The molecule has 0 bridgehead atoms. The SMILES string of the molecule is C=CC(=O)N1CCC[C@H](NC(=O)c2ccc(C(F)(F)F)cc2)C1. The van der Waals surface area contributed by atoms with Gasteiger partial charge in [-0.1, -0.05) is 6.58 Å². The molecule has 1 N–H and O–H groups in total. The first-order chi connectivity index (χ1) is 10.8. The van der Waals surface area contributed by atoms with E-state index in [0.717, 1.165) is 30.7 Å². The second kappa shape index (κ2) is 6.85. The van der Waals surface area contributed by atoms with E-state index in [1.807, 2.05) is 0 Å². The molecule has 1 aliphatic rings. The van der Waals surface area contributed by atoms with Crippen LogP contribution in [-0.4, -0.2) is 35.8 Å². The highest BCUT2D eigenvalue weighted by atomic mass is 19.4. The summed E-state index contributed by atoms with van der Waals surface area (Å²) < 4.78 is 37.5. The van der Waals surface area contributed by atoms with Crippen LogP contribution < -0.4 is 5.32 Å². The first-order valence-corrected chi connectivity index (χ1v) is 7.20. The Kier molecular flexibility index (Phi) is 5.08. The molecule has 4 nitrogen and oxygen atoms in total. The maximum absolute atomic E-state index is 12.5. The van der Waals surface area contributed by atoms with E-state index in [1.165, 1.54) is 6.08 Å². The van der Waals surface area contributed by atoms with Crippen LogP contribution in [0.2, 0.25) is 0 Å². The number of hydrogen-bond donors (Lipinski definition) is 1. The Labute approximate surface area is 132 Å². The summed E-state index contributed by atoms with van der Waals surface area (Å²) in [5, 5.41) is 2.75. The molecule has 1 aromatic rings. The average molecular weight is 326 g/mol. The minimum atomic E-state index is -4.43. The number of rotatable bonds is 3. The van der Waals surface area contributed by atoms with Crippen LogP contribution in [0, 0.1) is 0 Å². The lowest BCUT2D eigenvalue weighted by molar-refractivity contribution is -0.137. The summed E-state index contributed by atoms with van der Waals surface area (Å²) in [5.41, 5.74) is -0.639. The van der Waals surface area contributed by atoms with E-state index in [9.17, 15) is 22.8 Å². The smallest absolute Gasteiger partial charge is 0.348 e. The summed E-state index contributed by atoms with van der Waals surface area (Å²) in [6.07, 6.45) is -1.74. The first-order valence-electron chi connectivity index (χ1n) is 7.20. The molecule has 0 aromatic heterocycles. The Balaban J connectivity index is 1.98. The van der Waals surface area contributed by atoms with Crippen molar-refractivity contribution < 1.29 is 22.8 Å². The molecule has 1 fully saturated rings. The number of carbonyl (C=O) groups excluding carboxylic acids is 2. The number of nitrogens with one attached hydrogen (secondary N) is 1. The Hall–Kier alpha value is -2.31. The van der Waals surface area contributed by atoms with Crippen molar-refractivity contribution in [2.45, 2.75) is 25.1 Å². The van der Waals surface area contributed by atoms with E-state index in [4.69, 9.17) is 0 Å². The second-order valence-electron chi connectivity index (χ2n) is 5.38. The minimum absolute atomic E-state index is 0.158. The van der Waals surface area contributed by atoms with E-state index < -0.39 is 17.6 Å². The van der Waals surface area contributed by atoms with Crippen LogP contribution in [-0.2, 0) is 11.0 Å². The van der Waals surface area contributed by atoms with Gasteiger partial charge >= 0.3 is 6.18 Å². The fraction of sp³-hybridized carbons (Fsp3) is 0.375. The Bertz CT molecular complexity index is 596. The van der Waals surface area contributed by atoms with Gasteiger partial charge in [-0.3, -0.25) is 9.59 Å². The molecule has 0 aliphatic carbocycles. The summed E-state index contributed by atoms with van der Waals surface area (Å²) in [6.45, 7) is 4.41. The molecule has 1 aromatic carbocycles. The van der Waals surface area contributed by atoms with Crippen molar-refractivity contribution in [1.29, 1.82) is 0 Å². The number of amides is 2. The molecule has 2 rings (SSSR count). The van der Waals surface area contributed by atoms with Crippen LogP contribution in [0.15, 0.2) is 36.9 Å². The van der Waals surface area contributed by atoms with Gasteiger partial charge in [0.05, 0.1) is 5.56 Å². The Morgan fingerprint density at radius 3 is 2.48 bits per heavy atom. The molecular formula is C16H17F3N2O2. The third-order valence-electron chi connectivity index (χ3n) is 3.72. The number of benzene rings is 1. The lowest BCUT2D eigenvalue weighted by atomic mass is 10.0. The number of likely N-dealkylation sites (tertiary alicyclic amines) is 1. The molecule has 1 aliphatic heterocycles. The maximum Gasteiger partial charge on any atom is 0.416 e. The number of carbonyl (C=O) groups is 2. The number of piperidine rings is 1. The number of alkyl halides is 3. The fourth-order valence-corrected chi connectivity index (χ4v) is 2.50. The van der Waals surface area contributed by atoms with Crippen molar-refractivity contribution >= 4 is 11.8 Å². The molecule has 0 saturated carbocycles. The molecule has 0 radical (unpaired) electrons. The summed E-state index contributed by atoms with van der Waals surface area (Å²) in [5.74, 6) is -0.643. The van der Waals surface area contributed by atoms with Crippen LogP contribution in [0.25, 0.3) is 0 Å². The largest absolute Gasteiger partial charge is 0.416 e. The second-order valence-corrected chi connectivity index (χ2v) is 5.38. The molecule has 23 heavy (non-hydrogen) atoms. The van der Waals surface area contributed by atoms with Gasteiger partial charge in [0.2, 0.25) is 5.91 Å². The zero-order valence-corrected chi connectivity index (χ0v) is 12.4. The van der Waals surface area contributed by atoms with Crippen molar-refractivity contribution in [3.63, 3.8) is 0 Å². The Morgan fingerprint density at radius 2 is 1.91 bits per heavy atom. The molecular weight excluding hydrogens is 309 g/mol. The van der Waals surface area contributed by atoms with Gasteiger partial charge in [0.15, 0.2) is 0 Å². The van der Waals surface area contributed by atoms with Crippen molar-refractivity contribution in [3.05, 3.63) is 48.0 Å². The van der Waals surface area contributed by atoms with E-state index in [1.54, 1.807) is 4.90 Å². The van der Waals surface area contributed by atoms with Gasteiger partial charge in [0.1, 0.15) is 0 Å². The highest BCUT2D eigenvalue weighted by molar-refractivity contribution is 5.94. The minimum Gasteiger partial charge on any atom is -0.348 e. The van der Waals surface area contributed by atoms with Crippen LogP contribution in [0.1, 0.15) is 28.8 Å². The highest BCUT2D eigenvalue weighted by Gasteiger charge is 2.30. The van der Waals surface area contributed by atoms with Crippen LogP contribution >= 0.6 is 0 Å². The number of hydrogen-bond acceptors (Lipinski definition) is 2. The molecule has 1 heterocycles. The average Bonchev–Trinajstić information content (AvgIpc) is 2.53. The van der Waals surface area contributed by atoms with Gasteiger partial charge in [0.25, 0.3) is 5.91 Å². The molecule has 7 heteroatoms. The van der Waals surface area contributed by atoms with E-state index in [2.05, 4.69) is 11.9 Å². The van der Waals surface area contributed by atoms with Crippen molar-refractivity contribution in [3.8, 4) is 0 Å². The van der Waals surface area contributed by atoms with E-state index in [-0.39, 0.29) is 17.5 Å². The topological polar surface area (TPSA) is 49.4 Å². The van der Waals surface area contributed by atoms with Crippen LogP contribution in [0.5, 0.6) is 0 Å². The molecule has 124 valence electrons. The fourth-order valence-electron chi connectivity index (χ4n) is 2.50. The predicted octanol–water partition coefficient (Wildman–Crippen LogP) is 2.61. The van der Waals surface area contributed by atoms with Crippen LogP contribution in [0.3, 0.4) is 0 Å². The monoisotopic (exact) mass is 326 g/mol. The maximum atomic E-state index is 12.5. The quantitative estimate of drug-likeness (QED) is 0.868. The summed E-state index contributed by atoms with van der Waals surface area (Å²) in [6, 6.07) is 3.83. The van der Waals surface area contributed by atoms with Gasteiger partial charge in [0, 0.05) is 24.7 Å². The van der Waals surface area contributed by atoms with E-state index >= 15 is 0 Å². The summed E-state index contributed by atoms with van der Waals surface area (Å²) in [4.78, 5) is 25.3. The molecule has 1 saturated heterocycles. The van der Waals surface area contributed by atoms with Crippen molar-refractivity contribution in [2.75, 3.05) is 13.1 Å². The van der Waals surface area contributed by atoms with Crippen molar-refractivity contribution in [2.24, 2.45) is 0 Å². The van der Waals surface area contributed by atoms with E-state index in [0.29, 0.717) is 19.5 Å². The van der Waals surface area contributed by atoms with Crippen LogP contribution in [0.4, 0.5) is 13.2 Å². The standard InChI is InChI=1S/C16H17F3N2O2/c1-2-14(22)21-9-3-4-13(10-21)20-15(23)11-5-7-12(8-6-11)16(17,18)19/h2,5-8,13H,1,3-4,9-10H2,(H,20,23)/t13-/m0/s1. The first kappa shape index (κ1) is 17.1. The molecule has 0 spiro atoms. The van der Waals surface area contributed by atoms with Gasteiger partial charge in [-0.25, -0.2) is 0 Å². The van der Waals surface area contributed by atoms with Gasteiger partial charge in [-0.15, -0.1) is 0 Å². The summed E-state index contributed by atoms with van der Waals surface area (Å²) >= 11 is 0. The lowest BCUT2D eigenvalue weighted by Crippen LogP contribution is -2.49. The third-order valence-corrected chi connectivity index (χ3v) is 3.72. The number of halogens is 3. The zero-order chi connectivity index (χ0) is 17.0. The highest BCUT2D eigenvalue weighted by Crippen LogP contribution is 2.29. The predicted molar refractivity (Wildman–Crippen MR) is 78.7 cm³/mol. The number of nitrogens with zero attached hydrogens (tertiary/aromatic N) is 1. The zero-order valence-electron chi connectivity index (χ0n) is 12.4. The van der Waals surface area contributed by atoms with Gasteiger partial charge in [-0.2, -0.15) is 13.2 Å². The van der Waals surface area contributed by atoms with Gasteiger partial charge < -0.3 is 10.2 Å². The Morgan fingerprint density at radius 1 is 1.26 bits per heavy atom. The van der Waals surface area contributed by atoms with Gasteiger partial charge in [-0.05, 0) is 43.2 Å². The molecule has 0 unspecified atom stereocenters. The lowest BCUT2D eigenvalue weighted by Gasteiger charge is -2.32.